The van der Waals surface area contributed by atoms with E-state index in [-0.39, 0.29) is 41.2 Å². The maximum absolute atomic E-state index is 12.5. The van der Waals surface area contributed by atoms with Gasteiger partial charge in [-0.1, -0.05) is 13.8 Å². The van der Waals surface area contributed by atoms with Crippen LogP contribution in [-0.2, 0) is 10.0 Å². The van der Waals surface area contributed by atoms with Crippen molar-refractivity contribution in [2.75, 3.05) is 13.7 Å². The van der Waals surface area contributed by atoms with Gasteiger partial charge in [-0.3, -0.25) is 10.1 Å². The number of non-ortho nitro benzene ring substituents is 1. The fourth-order valence-corrected chi connectivity index (χ4v) is 3.48. The van der Waals surface area contributed by atoms with Crippen molar-refractivity contribution < 1.29 is 18.1 Å². The number of nitrogens with zero attached hydrogens (tertiary/aromatic N) is 1. The van der Waals surface area contributed by atoms with Crippen LogP contribution in [-0.4, -0.2) is 33.0 Å². The lowest BCUT2D eigenvalue weighted by atomic mass is 10.1. The molecule has 1 unspecified atom stereocenters. The van der Waals surface area contributed by atoms with E-state index in [1.54, 1.807) is 0 Å². The first-order valence-corrected chi connectivity index (χ1v) is 8.24. The third-order valence-corrected chi connectivity index (χ3v) is 4.55. The Balaban J connectivity index is 0.00000484. The summed E-state index contributed by atoms with van der Waals surface area (Å²) in [6.07, 6.45) is 0.562. The van der Waals surface area contributed by atoms with E-state index < -0.39 is 21.0 Å². The summed E-state index contributed by atoms with van der Waals surface area (Å²) in [6, 6.07) is 2.97. The largest absolute Gasteiger partial charge is 0.495 e. The molecule has 0 heterocycles. The molecule has 0 saturated carbocycles. The highest BCUT2D eigenvalue weighted by molar-refractivity contribution is 7.89. The van der Waals surface area contributed by atoms with Crippen LogP contribution < -0.4 is 15.2 Å². The van der Waals surface area contributed by atoms with Crippen molar-refractivity contribution in [1.29, 1.82) is 0 Å². The molecule has 0 fully saturated rings. The zero-order valence-corrected chi connectivity index (χ0v) is 14.8. The number of hydrogen-bond donors (Lipinski definition) is 2. The molecule has 3 N–H and O–H groups in total. The van der Waals surface area contributed by atoms with Gasteiger partial charge in [-0.15, -0.1) is 12.4 Å². The fraction of sp³-hybridized carbons (Fsp3) is 0.538. The van der Waals surface area contributed by atoms with Crippen molar-refractivity contribution in [3.05, 3.63) is 28.3 Å². The van der Waals surface area contributed by atoms with Gasteiger partial charge in [0.15, 0.2) is 0 Å². The number of nitro groups is 1. The van der Waals surface area contributed by atoms with Crippen LogP contribution in [0.25, 0.3) is 0 Å². The smallest absolute Gasteiger partial charge is 0.271 e. The maximum atomic E-state index is 12.5. The molecule has 0 aliphatic rings. The fourth-order valence-electron chi connectivity index (χ4n) is 2.03. The van der Waals surface area contributed by atoms with Crippen LogP contribution in [0.1, 0.15) is 20.3 Å². The van der Waals surface area contributed by atoms with Gasteiger partial charge in [0, 0.05) is 24.7 Å². The molecule has 1 aromatic rings. The third-order valence-electron chi connectivity index (χ3n) is 3.01. The van der Waals surface area contributed by atoms with E-state index in [2.05, 4.69) is 4.72 Å². The van der Waals surface area contributed by atoms with E-state index in [0.717, 1.165) is 6.07 Å². The van der Waals surface area contributed by atoms with Gasteiger partial charge in [0.25, 0.3) is 5.69 Å². The summed E-state index contributed by atoms with van der Waals surface area (Å²) in [7, 11) is -2.68. The van der Waals surface area contributed by atoms with Crippen LogP contribution in [0.3, 0.4) is 0 Å². The molecule has 1 atom stereocenters. The van der Waals surface area contributed by atoms with Gasteiger partial charge in [-0.05, 0) is 18.4 Å². The van der Waals surface area contributed by atoms with Crippen LogP contribution in [0.5, 0.6) is 5.75 Å². The number of benzene rings is 1. The third kappa shape index (κ3) is 5.94. The Morgan fingerprint density at radius 3 is 2.43 bits per heavy atom. The Labute approximate surface area is 142 Å². The van der Waals surface area contributed by atoms with Crippen LogP contribution in [0.4, 0.5) is 5.69 Å². The SMILES string of the molecule is COc1ccc([N+](=O)[O-])cc1S(=O)(=O)NC(CN)CC(C)C.Cl. The van der Waals surface area contributed by atoms with Gasteiger partial charge in [-0.2, -0.15) is 0 Å². The Hall–Kier alpha value is -1.42. The zero-order valence-electron chi connectivity index (χ0n) is 13.2. The average molecular weight is 368 g/mol. The maximum Gasteiger partial charge on any atom is 0.271 e. The summed E-state index contributed by atoms with van der Waals surface area (Å²) in [5.41, 5.74) is 5.26. The first-order valence-electron chi connectivity index (χ1n) is 6.76. The molecule has 8 nitrogen and oxygen atoms in total. The van der Waals surface area contributed by atoms with Crippen LogP contribution in [0.2, 0.25) is 0 Å². The average Bonchev–Trinajstić information content (AvgIpc) is 2.44. The van der Waals surface area contributed by atoms with E-state index in [4.69, 9.17) is 10.5 Å². The van der Waals surface area contributed by atoms with Gasteiger partial charge in [0.2, 0.25) is 10.0 Å². The lowest BCUT2D eigenvalue weighted by Gasteiger charge is -2.19. The Morgan fingerprint density at radius 2 is 2.00 bits per heavy atom. The lowest BCUT2D eigenvalue weighted by Crippen LogP contribution is -2.41. The second kappa shape index (κ2) is 9.02. The van der Waals surface area contributed by atoms with E-state index in [1.165, 1.54) is 19.2 Å². The number of halogens is 1. The highest BCUT2D eigenvalue weighted by Crippen LogP contribution is 2.28. The normalized spacial score (nSPS) is 12.6. The highest BCUT2D eigenvalue weighted by atomic mass is 35.5. The number of nitro benzene ring substituents is 1. The van der Waals surface area contributed by atoms with Gasteiger partial charge < -0.3 is 10.5 Å². The minimum absolute atomic E-state index is 0. The summed E-state index contributed by atoms with van der Waals surface area (Å²) < 4.78 is 32.4. The van der Waals surface area contributed by atoms with E-state index in [1.807, 2.05) is 13.8 Å². The van der Waals surface area contributed by atoms with Gasteiger partial charge in [0.05, 0.1) is 12.0 Å². The molecule has 0 aliphatic heterocycles. The summed E-state index contributed by atoms with van der Waals surface area (Å²) in [5.74, 6) is 0.293. The topological polar surface area (TPSA) is 125 Å². The van der Waals surface area contributed by atoms with Crippen molar-refractivity contribution in [2.24, 2.45) is 11.7 Å². The molecule has 0 aliphatic carbocycles. The summed E-state index contributed by atoms with van der Waals surface area (Å²) in [5, 5.41) is 10.8. The zero-order chi connectivity index (χ0) is 16.9. The first kappa shape index (κ1) is 21.6. The van der Waals surface area contributed by atoms with Crippen LogP contribution in [0.15, 0.2) is 23.1 Å². The Bertz CT molecular complexity index is 636. The van der Waals surface area contributed by atoms with Gasteiger partial charge in [-0.25, -0.2) is 13.1 Å². The van der Waals surface area contributed by atoms with Gasteiger partial charge in [0.1, 0.15) is 10.6 Å². The molecule has 0 bridgehead atoms. The highest BCUT2D eigenvalue weighted by Gasteiger charge is 2.26. The predicted octanol–water partition coefficient (Wildman–Crippen LogP) is 1.68. The minimum atomic E-state index is -3.98. The quantitative estimate of drug-likeness (QED) is 0.532. The standard InChI is InChI=1S/C13H21N3O5S.ClH/c1-9(2)6-10(8-14)15-22(19,20)13-7-11(16(17)18)4-5-12(13)21-3;/h4-5,7,9-10,15H,6,8,14H2,1-3H3;1H. The Morgan fingerprint density at radius 1 is 1.39 bits per heavy atom. The molecule has 0 aromatic heterocycles. The second-order valence-corrected chi connectivity index (χ2v) is 6.96. The van der Waals surface area contributed by atoms with Crippen molar-refractivity contribution in [3.8, 4) is 5.75 Å². The molecule has 0 radical (unpaired) electrons. The number of rotatable bonds is 8. The number of sulfonamides is 1. The number of methoxy groups -OCH3 is 1. The number of ether oxygens (including phenoxy) is 1. The van der Waals surface area contributed by atoms with Crippen LogP contribution in [0, 0.1) is 16.0 Å². The number of nitrogens with two attached hydrogens (primary N) is 1. The van der Waals surface area contributed by atoms with Crippen molar-refractivity contribution >= 4 is 28.1 Å². The van der Waals surface area contributed by atoms with E-state index >= 15 is 0 Å². The summed E-state index contributed by atoms with van der Waals surface area (Å²) in [4.78, 5) is 9.90. The van der Waals surface area contributed by atoms with Crippen molar-refractivity contribution in [1.82, 2.24) is 4.72 Å². The predicted molar refractivity (Wildman–Crippen MR) is 89.5 cm³/mol. The van der Waals surface area contributed by atoms with E-state index in [0.29, 0.717) is 6.42 Å². The van der Waals surface area contributed by atoms with E-state index in [9.17, 15) is 18.5 Å². The molecule has 1 rings (SSSR count). The first-order chi connectivity index (χ1) is 10.2. The lowest BCUT2D eigenvalue weighted by molar-refractivity contribution is -0.385. The van der Waals surface area contributed by atoms with Crippen LogP contribution >= 0.6 is 12.4 Å². The number of nitrogens with one attached hydrogen (secondary N) is 1. The van der Waals surface area contributed by atoms with Gasteiger partial charge >= 0.3 is 0 Å². The molecule has 0 saturated heterocycles. The monoisotopic (exact) mass is 367 g/mol. The molecule has 132 valence electrons. The second-order valence-electron chi connectivity index (χ2n) is 5.28. The van der Waals surface area contributed by atoms with Crippen molar-refractivity contribution in [2.45, 2.75) is 31.2 Å². The van der Waals surface area contributed by atoms with Crippen molar-refractivity contribution in [3.63, 3.8) is 0 Å². The molecule has 0 spiro atoms. The summed E-state index contributed by atoms with van der Waals surface area (Å²) in [6.45, 7) is 4.03. The molecular weight excluding hydrogens is 346 g/mol. The summed E-state index contributed by atoms with van der Waals surface area (Å²) >= 11 is 0. The molecule has 1 aromatic carbocycles. The molecule has 23 heavy (non-hydrogen) atoms. The molecule has 10 heteroatoms. The molecule has 0 amide bonds. The minimum Gasteiger partial charge on any atom is -0.495 e. The molecular formula is C13H22ClN3O5S. The number of hydrogen-bond acceptors (Lipinski definition) is 6. The Kier molecular flexibility index (Phi) is 8.46.